The third kappa shape index (κ3) is 5.98. The second-order valence-electron chi connectivity index (χ2n) is 10.5. The summed E-state index contributed by atoms with van der Waals surface area (Å²) in [6.07, 6.45) is 1.59. The minimum atomic E-state index is -1.08. The predicted molar refractivity (Wildman–Crippen MR) is 154 cm³/mol. The van der Waals surface area contributed by atoms with Crippen molar-refractivity contribution in [2.24, 2.45) is 0 Å². The van der Waals surface area contributed by atoms with Crippen molar-refractivity contribution >= 4 is 17.0 Å². The maximum Gasteiger partial charge on any atom is 0.335 e. The first-order valence-electron chi connectivity index (χ1n) is 13.9. The highest BCUT2D eigenvalue weighted by Gasteiger charge is 2.22. The molecule has 1 aliphatic heterocycles. The summed E-state index contributed by atoms with van der Waals surface area (Å²) in [7, 11) is 0. The van der Waals surface area contributed by atoms with E-state index in [0.29, 0.717) is 30.0 Å². The average Bonchev–Trinajstić information content (AvgIpc) is 3.66. The molecule has 1 unspecified atom stereocenters. The zero-order valence-electron chi connectivity index (χ0n) is 23.3. The maximum atomic E-state index is 15.5. The number of halogens is 3. The van der Waals surface area contributed by atoms with Crippen LogP contribution < -0.4 is 4.74 Å². The van der Waals surface area contributed by atoms with Gasteiger partial charge in [0.15, 0.2) is 0 Å². The number of imidazole rings is 1. The van der Waals surface area contributed by atoms with Crippen molar-refractivity contribution in [3.05, 3.63) is 112 Å². The number of aromatic nitrogens is 3. The van der Waals surface area contributed by atoms with Crippen LogP contribution >= 0.6 is 0 Å². The standard InChI is InChI=1S/C33H25F3N4O4/c34-25-11-19(16-37)6-7-21(25)18-44-32-5-1-4-28(39-32)24-15-26(35)22(12-27(24)36)14-31-38-29-9-8-20(33(41)42)13-30(29)40(31)17-23-3-2-10-43-23/h1,4-9,11-13,15,23H,2-3,10,14,17-18H2,(H,41,42). The Labute approximate surface area is 249 Å². The second kappa shape index (κ2) is 12.2. The third-order valence-corrected chi connectivity index (χ3v) is 7.53. The summed E-state index contributed by atoms with van der Waals surface area (Å²) in [5.41, 5.74) is 1.72. The largest absolute Gasteiger partial charge is 0.478 e. The number of ether oxygens (including phenoxy) is 2. The predicted octanol–water partition coefficient (Wildman–Crippen LogP) is 6.43. The summed E-state index contributed by atoms with van der Waals surface area (Å²) < 4.78 is 58.4. The first kappa shape index (κ1) is 28.9. The van der Waals surface area contributed by atoms with E-state index in [9.17, 15) is 14.3 Å². The Morgan fingerprint density at radius 1 is 1.02 bits per heavy atom. The fraction of sp³-hybridized carbons (Fsp3) is 0.212. The van der Waals surface area contributed by atoms with Gasteiger partial charge in [-0.25, -0.2) is 27.9 Å². The molecule has 1 N–H and O–H groups in total. The fourth-order valence-electron chi connectivity index (χ4n) is 5.26. The molecule has 8 nitrogen and oxygen atoms in total. The van der Waals surface area contributed by atoms with Gasteiger partial charge in [0, 0.05) is 30.2 Å². The van der Waals surface area contributed by atoms with Gasteiger partial charge in [-0.3, -0.25) is 0 Å². The van der Waals surface area contributed by atoms with Gasteiger partial charge in [0.1, 0.15) is 29.9 Å². The van der Waals surface area contributed by atoms with Crippen LogP contribution in [0.2, 0.25) is 0 Å². The quantitative estimate of drug-likeness (QED) is 0.208. The Bertz CT molecular complexity index is 1930. The van der Waals surface area contributed by atoms with E-state index in [1.807, 2.05) is 10.6 Å². The zero-order chi connectivity index (χ0) is 30.8. The highest BCUT2D eigenvalue weighted by Crippen LogP contribution is 2.29. The van der Waals surface area contributed by atoms with Gasteiger partial charge < -0.3 is 19.1 Å². The fourth-order valence-corrected chi connectivity index (χ4v) is 5.26. The summed E-state index contributed by atoms with van der Waals surface area (Å²) in [5.74, 6) is -2.52. The lowest BCUT2D eigenvalue weighted by atomic mass is 10.0. The number of carbonyl (C=O) groups is 1. The zero-order valence-corrected chi connectivity index (χ0v) is 23.3. The van der Waals surface area contributed by atoms with Gasteiger partial charge in [-0.2, -0.15) is 5.26 Å². The van der Waals surface area contributed by atoms with Crippen LogP contribution in [-0.2, 0) is 24.3 Å². The number of hydrogen-bond donors (Lipinski definition) is 1. The Hall–Kier alpha value is -5.21. The molecule has 3 heterocycles. The molecule has 0 radical (unpaired) electrons. The van der Waals surface area contributed by atoms with Crippen molar-refractivity contribution in [1.29, 1.82) is 5.26 Å². The number of fused-ring (bicyclic) bond motifs is 1. The molecule has 222 valence electrons. The molecule has 0 saturated carbocycles. The topological polar surface area (TPSA) is 110 Å². The van der Waals surface area contributed by atoms with Crippen molar-refractivity contribution in [1.82, 2.24) is 14.5 Å². The number of carboxylic acids is 1. The van der Waals surface area contributed by atoms with Crippen molar-refractivity contribution in [2.45, 2.75) is 38.5 Å². The second-order valence-corrected chi connectivity index (χ2v) is 10.5. The maximum absolute atomic E-state index is 15.5. The smallest absolute Gasteiger partial charge is 0.335 e. The van der Waals surface area contributed by atoms with Crippen molar-refractivity contribution in [2.75, 3.05) is 6.61 Å². The van der Waals surface area contributed by atoms with Gasteiger partial charge >= 0.3 is 5.97 Å². The number of rotatable bonds is 9. The Kier molecular flexibility index (Phi) is 8.00. The number of carboxylic acid groups (broad SMARTS) is 1. The van der Waals surface area contributed by atoms with Crippen LogP contribution in [0.25, 0.3) is 22.3 Å². The first-order chi connectivity index (χ1) is 21.3. The molecule has 1 atom stereocenters. The molecule has 0 amide bonds. The van der Waals surface area contributed by atoms with Gasteiger partial charge in [-0.15, -0.1) is 0 Å². The molecule has 1 aliphatic rings. The Morgan fingerprint density at radius 3 is 2.61 bits per heavy atom. The van der Waals surface area contributed by atoms with Crippen LogP contribution in [0, 0.1) is 28.8 Å². The van der Waals surface area contributed by atoms with E-state index in [1.165, 1.54) is 36.4 Å². The van der Waals surface area contributed by atoms with Gasteiger partial charge in [0.2, 0.25) is 5.88 Å². The van der Waals surface area contributed by atoms with E-state index in [0.717, 1.165) is 31.0 Å². The number of pyridine rings is 1. The van der Waals surface area contributed by atoms with Crippen LogP contribution in [0.5, 0.6) is 5.88 Å². The van der Waals surface area contributed by atoms with Crippen LogP contribution in [0.4, 0.5) is 13.2 Å². The molecule has 6 rings (SSSR count). The lowest BCUT2D eigenvalue weighted by Crippen LogP contribution is -2.17. The van der Waals surface area contributed by atoms with Gasteiger partial charge in [0.05, 0.1) is 46.6 Å². The molecule has 44 heavy (non-hydrogen) atoms. The number of nitrogens with zero attached hydrogens (tertiary/aromatic N) is 4. The number of aromatic carboxylic acids is 1. The van der Waals surface area contributed by atoms with Crippen molar-refractivity contribution in [3.8, 4) is 23.2 Å². The van der Waals surface area contributed by atoms with Crippen LogP contribution in [0.3, 0.4) is 0 Å². The monoisotopic (exact) mass is 598 g/mol. The summed E-state index contributed by atoms with van der Waals surface area (Å²) in [6, 6.07) is 17.2. The van der Waals surface area contributed by atoms with E-state index in [2.05, 4.69) is 9.97 Å². The SMILES string of the molecule is N#Cc1ccc(COc2cccc(-c3cc(F)c(Cc4nc5ccc(C(=O)O)cc5n4CC4CCCO4)cc3F)n2)c(F)c1. The molecule has 2 aromatic heterocycles. The molecule has 0 bridgehead atoms. The van der Waals surface area contributed by atoms with E-state index in [-0.39, 0.29) is 58.5 Å². The van der Waals surface area contributed by atoms with Crippen LogP contribution in [0.1, 0.15) is 45.7 Å². The Morgan fingerprint density at radius 2 is 1.86 bits per heavy atom. The van der Waals surface area contributed by atoms with Crippen molar-refractivity contribution in [3.63, 3.8) is 0 Å². The normalized spacial score (nSPS) is 14.5. The third-order valence-electron chi connectivity index (χ3n) is 7.53. The first-order valence-corrected chi connectivity index (χ1v) is 13.9. The summed E-state index contributed by atoms with van der Waals surface area (Å²) in [5, 5.41) is 18.4. The molecule has 0 aliphatic carbocycles. The molecule has 1 fully saturated rings. The van der Waals surface area contributed by atoms with Crippen LogP contribution in [0.15, 0.2) is 66.7 Å². The highest BCUT2D eigenvalue weighted by atomic mass is 19.1. The van der Waals surface area contributed by atoms with E-state index >= 15 is 8.78 Å². The molecule has 5 aromatic rings. The minimum Gasteiger partial charge on any atom is -0.478 e. The summed E-state index contributed by atoms with van der Waals surface area (Å²) in [6.45, 7) is 0.853. The summed E-state index contributed by atoms with van der Waals surface area (Å²) in [4.78, 5) is 20.5. The lowest BCUT2D eigenvalue weighted by molar-refractivity contribution is 0.0697. The van der Waals surface area contributed by atoms with E-state index < -0.39 is 23.4 Å². The highest BCUT2D eigenvalue weighted by molar-refractivity contribution is 5.92. The molecular weight excluding hydrogens is 573 g/mol. The average molecular weight is 599 g/mol. The summed E-state index contributed by atoms with van der Waals surface area (Å²) >= 11 is 0. The van der Waals surface area contributed by atoms with E-state index in [4.69, 9.17) is 14.7 Å². The molecule has 0 spiro atoms. The van der Waals surface area contributed by atoms with E-state index in [1.54, 1.807) is 12.1 Å². The number of benzene rings is 3. The molecule has 1 saturated heterocycles. The number of hydrogen-bond acceptors (Lipinski definition) is 6. The van der Waals surface area contributed by atoms with Gasteiger partial charge in [-0.05, 0) is 66.9 Å². The lowest BCUT2D eigenvalue weighted by Gasteiger charge is -2.15. The molecule has 11 heteroatoms. The van der Waals surface area contributed by atoms with Gasteiger partial charge in [-0.1, -0.05) is 12.1 Å². The Balaban J connectivity index is 1.26. The molecular formula is C33H25F3N4O4. The number of nitriles is 1. The van der Waals surface area contributed by atoms with Gasteiger partial charge in [0.25, 0.3) is 0 Å². The van der Waals surface area contributed by atoms with Crippen LogP contribution in [-0.4, -0.2) is 38.3 Å². The minimum absolute atomic E-state index is 0.0421. The van der Waals surface area contributed by atoms with Crippen molar-refractivity contribution < 1.29 is 32.5 Å². The molecule has 3 aromatic carbocycles.